The van der Waals surface area contributed by atoms with Crippen LogP contribution in [-0.2, 0) is 0 Å². The lowest BCUT2D eigenvalue weighted by Gasteiger charge is -2.27. The number of benzene rings is 1. The van der Waals surface area contributed by atoms with Gasteiger partial charge in [-0.05, 0) is 49.0 Å². The topological polar surface area (TPSA) is 12.0 Å². The fourth-order valence-corrected chi connectivity index (χ4v) is 4.66. The molecule has 1 aliphatic heterocycles. The van der Waals surface area contributed by atoms with Gasteiger partial charge in [-0.1, -0.05) is 37.9 Å². The summed E-state index contributed by atoms with van der Waals surface area (Å²) in [6.45, 7) is 2.25. The molecule has 1 heterocycles. The van der Waals surface area contributed by atoms with E-state index in [4.69, 9.17) is 0 Å². The zero-order valence-corrected chi connectivity index (χ0v) is 13.9. The lowest BCUT2D eigenvalue weighted by atomic mass is 10.1. The molecule has 1 atom stereocenters. The molecule has 0 aromatic heterocycles. The maximum absolute atomic E-state index is 3.74. The van der Waals surface area contributed by atoms with E-state index < -0.39 is 0 Å². The van der Waals surface area contributed by atoms with Crippen LogP contribution in [-0.4, -0.2) is 17.5 Å². The Morgan fingerprint density at radius 3 is 2.65 bits per heavy atom. The Labute approximate surface area is 124 Å². The minimum Gasteiger partial charge on any atom is -0.307 e. The van der Waals surface area contributed by atoms with Gasteiger partial charge in [-0.15, -0.1) is 0 Å². The number of nitrogens with one attached hydrogen (secondary N) is 1. The van der Waals surface area contributed by atoms with Gasteiger partial charge in [0.05, 0.1) is 0 Å². The molecule has 0 saturated carbocycles. The summed E-state index contributed by atoms with van der Waals surface area (Å²) in [6, 6.07) is 7.50. The van der Waals surface area contributed by atoms with Crippen molar-refractivity contribution in [1.29, 1.82) is 0 Å². The van der Waals surface area contributed by atoms with Gasteiger partial charge in [0.25, 0.3) is 0 Å². The standard InChI is InChI=1S/C13H17Br2NS/c1-9(16-11-4-6-17-7-5-11)12-3-2-10(14)8-13(12)15/h2-3,8-9,11,16H,4-7H2,1H3. The van der Waals surface area contributed by atoms with E-state index in [1.165, 1.54) is 34.4 Å². The molecule has 1 aliphatic rings. The van der Waals surface area contributed by atoms with Crippen LogP contribution in [0, 0.1) is 0 Å². The third-order valence-electron chi connectivity index (χ3n) is 3.14. The van der Waals surface area contributed by atoms with Crippen molar-refractivity contribution in [2.45, 2.75) is 31.8 Å². The van der Waals surface area contributed by atoms with Crippen molar-refractivity contribution >= 4 is 43.6 Å². The second kappa shape index (κ2) is 6.60. The molecule has 1 aromatic rings. The number of hydrogen-bond donors (Lipinski definition) is 1. The number of rotatable bonds is 3. The molecule has 94 valence electrons. The van der Waals surface area contributed by atoms with Crippen molar-refractivity contribution in [3.8, 4) is 0 Å². The van der Waals surface area contributed by atoms with Gasteiger partial charge in [0.15, 0.2) is 0 Å². The van der Waals surface area contributed by atoms with Gasteiger partial charge in [0, 0.05) is 21.0 Å². The first kappa shape index (κ1) is 13.9. The molecule has 2 rings (SSSR count). The summed E-state index contributed by atoms with van der Waals surface area (Å²) < 4.78 is 2.30. The molecule has 1 unspecified atom stereocenters. The summed E-state index contributed by atoms with van der Waals surface area (Å²) in [6.07, 6.45) is 2.59. The fourth-order valence-electron chi connectivity index (χ4n) is 2.16. The number of thioether (sulfide) groups is 1. The van der Waals surface area contributed by atoms with Crippen molar-refractivity contribution in [3.05, 3.63) is 32.7 Å². The van der Waals surface area contributed by atoms with Crippen molar-refractivity contribution in [2.75, 3.05) is 11.5 Å². The van der Waals surface area contributed by atoms with Crippen LogP contribution in [0.2, 0.25) is 0 Å². The van der Waals surface area contributed by atoms with Crippen LogP contribution in [0.1, 0.15) is 31.4 Å². The summed E-state index contributed by atoms with van der Waals surface area (Å²) in [7, 11) is 0. The van der Waals surface area contributed by atoms with Crippen LogP contribution in [0.25, 0.3) is 0 Å². The maximum atomic E-state index is 3.74. The van der Waals surface area contributed by atoms with Gasteiger partial charge in [-0.25, -0.2) is 0 Å². The predicted molar refractivity (Wildman–Crippen MR) is 83.7 cm³/mol. The van der Waals surface area contributed by atoms with E-state index >= 15 is 0 Å². The highest BCUT2D eigenvalue weighted by molar-refractivity contribution is 9.11. The second-order valence-corrected chi connectivity index (χ2v) is 7.44. The normalized spacial score (nSPS) is 19.2. The van der Waals surface area contributed by atoms with Crippen molar-refractivity contribution in [1.82, 2.24) is 5.32 Å². The molecule has 0 radical (unpaired) electrons. The molecule has 1 aromatic carbocycles. The minimum absolute atomic E-state index is 0.408. The lowest BCUT2D eigenvalue weighted by molar-refractivity contribution is 0.430. The summed E-state index contributed by atoms with van der Waals surface area (Å²) in [5, 5.41) is 3.74. The van der Waals surface area contributed by atoms with Crippen molar-refractivity contribution in [2.24, 2.45) is 0 Å². The molecule has 0 spiro atoms. The van der Waals surface area contributed by atoms with E-state index in [0.717, 1.165) is 4.47 Å². The molecule has 0 aliphatic carbocycles. The second-order valence-electron chi connectivity index (χ2n) is 4.44. The molecule has 4 heteroatoms. The highest BCUT2D eigenvalue weighted by Gasteiger charge is 2.17. The highest BCUT2D eigenvalue weighted by Crippen LogP contribution is 2.28. The molecule has 1 fully saturated rings. The third kappa shape index (κ3) is 3.98. The lowest BCUT2D eigenvalue weighted by Crippen LogP contribution is -2.34. The molecule has 17 heavy (non-hydrogen) atoms. The molecule has 0 amide bonds. The predicted octanol–water partition coefficient (Wildman–Crippen LogP) is 4.76. The van der Waals surface area contributed by atoms with E-state index in [-0.39, 0.29) is 0 Å². The quantitative estimate of drug-likeness (QED) is 0.813. The molecular formula is C13H17Br2NS. The van der Waals surface area contributed by atoms with Gasteiger partial charge >= 0.3 is 0 Å². The van der Waals surface area contributed by atoms with Crippen molar-refractivity contribution in [3.63, 3.8) is 0 Å². The van der Waals surface area contributed by atoms with E-state index in [1.54, 1.807) is 0 Å². The third-order valence-corrected chi connectivity index (χ3v) is 5.36. The van der Waals surface area contributed by atoms with Crippen LogP contribution < -0.4 is 5.32 Å². The van der Waals surface area contributed by atoms with E-state index in [9.17, 15) is 0 Å². The van der Waals surface area contributed by atoms with Gasteiger partial charge in [-0.3, -0.25) is 0 Å². The summed E-state index contributed by atoms with van der Waals surface area (Å²) in [4.78, 5) is 0. The Morgan fingerprint density at radius 2 is 2.00 bits per heavy atom. The Kier molecular flexibility index (Phi) is 5.40. The minimum atomic E-state index is 0.408. The molecule has 1 saturated heterocycles. The average Bonchev–Trinajstić information content (AvgIpc) is 2.30. The van der Waals surface area contributed by atoms with Crippen LogP contribution in [0.15, 0.2) is 27.1 Å². The first-order valence-corrected chi connectivity index (χ1v) is 8.69. The van der Waals surface area contributed by atoms with Gasteiger partial charge in [0.1, 0.15) is 0 Å². The Hall–Kier alpha value is 0.490. The van der Waals surface area contributed by atoms with Crippen LogP contribution >= 0.6 is 43.6 Å². The summed E-state index contributed by atoms with van der Waals surface area (Å²) in [5.74, 6) is 2.60. The first-order valence-electron chi connectivity index (χ1n) is 5.95. The van der Waals surface area contributed by atoms with E-state index in [0.29, 0.717) is 12.1 Å². The number of halogens is 2. The molecule has 0 bridgehead atoms. The van der Waals surface area contributed by atoms with Gasteiger partial charge in [-0.2, -0.15) is 11.8 Å². The fraction of sp³-hybridized carbons (Fsp3) is 0.538. The Balaban J connectivity index is 2.00. The summed E-state index contributed by atoms with van der Waals surface area (Å²) in [5.41, 5.74) is 1.34. The van der Waals surface area contributed by atoms with Crippen LogP contribution in [0.5, 0.6) is 0 Å². The highest BCUT2D eigenvalue weighted by atomic mass is 79.9. The van der Waals surface area contributed by atoms with Crippen LogP contribution in [0.3, 0.4) is 0 Å². The SMILES string of the molecule is CC(NC1CCSCC1)c1ccc(Br)cc1Br. The summed E-state index contributed by atoms with van der Waals surface area (Å²) >= 11 is 9.20. The Morgan fingerprint density at radius 1 is 1.29 bits per heavy atom. The maximum Gasteiger partial charge on any atom is 0.0305 e. The molecular weight excluding hydrogens is 362 g/mol. The van der Waals surface area contributed by atoms with Gasteiger partial charge < -0.3 is 5.32 Å². The van der Waals surface area contributed by atoms with E-state index in [2.05, 4.69) is 74.1 Å². The average molecular weight is 379 g/mol. The monoisotopic (exact) mass is 377 g/mol. The van der Waals surface area contributed by atoms with Gasteiger partial charge in [0.2, 0.25) is 0 Å². The van der Waals surface area contributed by atoms with E-state index in [1.807, 2.05) is 0 Å². The first-order chi connectivity index (χ1) is 8.16. The molecule has 1 N–H and O–H groups in total. The Bertz CT molecular complexity index is 378. The molecule has 1 nitrogen and oxygen atoms in total. The van der Waals surface area contributed by atoms with Crippen LogP contribution in [0.4, 0.5) is 0 Å². The largest absolute Gasteiger partial charge is 0.307 e. The zero-order chi connectivity index (χ0) is 12.3. The zero-order valence-electron chi connectivity index (χ0n) is 9.88. The smallest absolute Gasteiger partial charge is 0.0305 e. The number of hydrogen-bond acceptors (Lipinski definition) is 2. The van der Waals surface area contributed by atoms with Crippen molar-refractivity contribution < 1.29 is 0 Å².